The van der Waals surface area contributed by atoms with Gasteiger partial charge in [-0.1, -0.05) is 0 Å². The average molecular weight is 236 g/mol. The van der Waals surface area contributed by atoms with Gasteiger partial charge in [-0.2, -0.15) is 0 Å². The summed E-state index contributed by atoms with van der Waals surface area (Å²) in [6.45, 7) is 0. The van der Waals surface area contributed by atoms with Crippen molar-refractivity contribution in [2.75, 3.05) is 0 Å². The molecule has 0 radical (unpaired) electrons. The Morgan fingerprint density at radius 2 is 1.13 bits per heavy atom. The van der Waals surface area contributed by atoms with E-state index in [0.717, 1.165) is 0 Å². The van der Waals surface area contributed by atoms with Gasteiger partial charge >= 0.3 is 12.7 Å². The molecule has 0 aromatic carbocycles. The Labute approximate surface area is 78.2 Å². The van der Waals surface area contributed by atoms with Gasteiger partial charge < -0.3 is 13.9 Å². The number of rotatable bonds is 2. The van der Waals surface area contributed by atoms with E-state index in [1.54, 1.807) is 0 Å². The van der Waals surface area contributed by atoms with Gasteiger partial charge in [-0.25, -0.2) is 0 Å². The highest BCUT2D eigenvalue weighted by Gasteiger charge is 2.35. The van der Waals surface area contributed by atoms with Crippen LogP contribution in [0.5, 0.6) is 11.9 Å². The molecule has 0 spiro atoms. The Balaban J connectivity index is 2.65. The third-order valence-corrected chi connectivity index (χ3v) is 0.989. The van der Waals surface area contributed by atoms with Crippen molar-refractivity contribution in [3.63, 3.8) is 0 Å². The second kappa shape index (κ2) is 3.55. The Kier molecular flexibility index (Phi) is 2.73. The van der Waals surface area contributed by atoms with E-state index >= 15 is 0 Å². The van der Waals surface area contributed by atoms with Crippen molar-refractivity contribution < 1.29 is 40.2 Å². The van der Waals surface area contributed by atoms with E-state index in [4.69, 9.17) is 0 Å². The van der Waals surface area contributed by atoms with E-state index in [9.17, 15) is 26.3 Å². The second-order valence-electron chi connectivity index (χ2n) is 2.17. The standard InChI is InChI=1S/C6H2F6O3/c7-5(8,9)14-3-1-2-4(13-3)15-6(10,11)12/h1-2H. The lowest BCUT2D eigenvalue weighted by atomic mass is 10.6. The van der Waals surface area contributed by atoms with Gasteiger partial charge in [0.2, 0.25) is 0 Å². The van der Waals surface area contributed by atoms with Gasteiger partial charge in [0, 0.05) is 12.1 Å². The first kappa shape index (κ1) is 11.5. The molecule has 0 aliphatic heterocycles. The molecule has 0 aliphatic carbocycles. The number of alkyl halides is 6. The van der Waals surface area contributed by atoms with Gasteiger partial charge in [0.15, 0.2) is 0 Å². The fourth-order valence-corrected chi connectivity index (χ4v) is 0.641. The molecular weight excluding hydrogens is 234 g/mol. The molecule has 0 N–H and O–H groups in total. The van der Waals surface area contributed by atoms with Crippen molar-refractivity contribution in [3.05, 3.63) is 12.1 Å². The second-order valence-corrected chi connectivity index (χ2v) is 2.17. The van der Waals surface area contributed by atoms with Crippen molar-refractivity contribution in [3.8, 4) is 11.9 Å². The Hall–Kier alpha value is -1.54. The molecule has 0 atom stereocenters. The van der Waals surface area contributed by atoms with E-state index in [1.807, 2.05) is 0 Å². The van der Waals surface area contributed by atoms with E-state index in [2.05, 4.69) is 13.9 Å². The SMILES string of the molecule is FC(F)(F)Oc1ccc(OC(F)(F)F)o1. The third-order valence-electron chi connectivity index (χ3n) is 0.989. The van der Waals surface area contributed by atoms with Crippen LogP contribution in [0.3, 0.4) is 0 Å². The maximum absolute atomic E-state index is 11.5. The molecule has 1 aromatic heterocycles. The average Bonchev–Trinajstić information content (AvgIpc) is 2.28. The Morgan fingerprint density at radius 3 is 1.40 bits per heavy atom. The highest BCUT2D eigenvalue weighted by Crippen LogP contribution is 2.31. The molecule has 0 saturated carbocycles. The van der Waals surface area contributed by atoms with Crippen LogP contribution in [-0.4, -0.2) is 12.7 Å². The van der Waals surface area contributed by atoms with Crippen LogP contribution in [0, 0.1) is 0 Å². The van der Waals surface area contributed by atoms with Crippen LogP contribution >= 0.6 is 0 Å². The summed E-state index contributed by atoms with van der Waals surface area (Å²) in [5, 5.41) is 0. The first-order valence-corrected chi connectivity index (χ1v) is 3.27. The van der Waals surface area contributed by atoms with E-state index in [0.29, 0.717) is 12.1 Å². The van der Waals surface area contributed by atoms with Crippen LogP contribution < -0.4 is 9.47 Å². The summed E-state index contributed by atoms with van der Waals surface area (Å²) in [5.74, 6) is -2.27. The number of furan rings is 1. The third kappa shape index (κ3) is 4.47. The molecule has 1 heterocycles. The van der Waals surface area contributed by atoms with Gasteiger partial charge in [-0.05, 0) is 0 Å². The molecule has 1 aromatic rings. The summed E-state index contributed by atoms with van der Waals surface area (Å²) >= 11 is 0. The van der Waals surface area contributed by atoms with Gasteiger partial charge in [0.1, 0.15) is 0 Å². The van der Waals surface area contributed by atoms with E-state index in [-0.39, 0.29) is 0 Å². The van der Waals surface area contributed by atoms with Crippen LogP contribution in [0.25, 0.3) is 0 Å². The van der Waals surface area contributed by atoms with Gasteiger partial charge in [-0.3, -0.25) is 0 Å². The number of hydrogen-bond acceptors (Lipinski definition) is 3. The first-order chi connectivity index (χ1) is 6.66. The molecule has 3 nitrogen and oxygen atoms in total. The monoisotopic (exact) mass is 236 g/mol. The zero-order valence-corrected chi connectivity index (χ0v) is 6.65. The van der Waals surface area contributed by atoms with Crippen LogP contribution in [0.2, 0.25) is 0 Å². The molecule has 0 unspecified atom stereocenters. The Morgan fingerprint density at radius 1 is 0.800 bits per heavy atom. The van der Waals surface area contributed by atoms with Crippen LogP contribution in [-0.2, 0) is 0 Å². The highest BCUT2D eigenvalue weighted by molar-refractivity contribution is 5.16. The topological polar surface area (TPSA) is 31.6 Å². The molecule has 0 fully saturated rings. The van der Waals surface area contributed by atoms with Crippen LogP contribution in [0.1, 0.15) is 0 Å². The van der Waals surface area contributed by atoms with Crippen molar-refractivity contribution >= 4 is 0 Å². The van der Waals surface area contributed by atoms with Crippen LogP contribution in [0.4, 0.5) is 26.3 Å². The zero-order chi connectivity index (χ0) is 11.7. The van der Waals surface area contributed by atoms with Crippen LogP contribution in [0.15, 0.2) is 16.5 Å². The molecule has 0 saturated heterocycles. The van der Waals surface area contributed by atoms with Gasteiger partial charge in [-0.15, -0.1) is 26.3 Å². The molecule has 0 bridgehead atoms. The number of hydrogen-bond donors (Lipinski definition) is 0. The molecular formula is C6H2F6O3. The lowest BCUT2D eigenvalue weighted by Crippen LogP contribution is -2.17. The lowest BCUT2D eigenvalue weighted by molar-refractivity contribution is -0.287. The van der Waals surface area contributed by atoms with E-state index in [1.165, 1.54) is 0 Å². The molecule has 0 aliphatic rings. The first-order valence-electron chi connectivity index (χ1n) is 3.27. The van der Waals surface area contributed by atoms with E-state index < -0.39 is 24.6 Å². The molecule has 9 heteroatoms. The normalized spacial score (nSPS) is 12.7. The smallest absolute Gasteiger partial charge is 0.392 e. The summed E-state index contributed by atoms with van der Waals surface area (Å²) in [6.07, 6.45) is -10.1. The molecule has 0 amide bonds. The summed E-state index contributed by atoms with van der Waals surface area (Å²) in [4.78, 5) is 0. The summed E-state index contributed by atoms with van der Waals surface area (Å²) < 4.78 is 79.6. The van der Waals surface area contributed by atoms with Crippen molar-refractivity contribution in [1.82, 2.24) is 0 Å². The minimum Gasteiger partial charge on any atom is -0.392 e. The lowest BCUT2D eigenvalue weighted by Gasteiger charge is -2.06. The maximum Gasteiger partial charge on any atom is 0.575 e. The quantitative estimate of drug-likeness (QED) is 0.739. The number of ether oxygens (including phenoxy) is 2. The highest BCUT2D eigenvalue weighted by atomic mass is 19.4. The minimum absolute atomic E-state index is 0.550. The Bertz CT molecular complexity index is 294. The van der Waals surface area contributed by atoms with Gasteiger partial charge in [0.25, 0.3) is 11.9 Å². The van der Waals surface area contributed by atoms with Crippen molar-refractivity contribution in [2.45, 2.75) is 12.7 Å². The maximum atomic E-state index is 11.5. The summed E-state index contributed by atoms with van der Waals surface area (Å²) in [6, 6.07) is 1.10. The fourth-order valence-electron chi connectivity index (χ4n) is 0.641. The fraction of sp³-hybridized carbons (Fsp3) is 0.333. The molecule has 15 heavy (non-hydrogen) atoms. The van der Waals surface area contributed by atoms with Crippen molar-refractivity contribution in [1.29, 1.82) is 0 Å². The number of halogens is 6. The van der Waals surface area contributed by atoms with Crippen molar-refractivity contribution in [2.24, 2.45) is 0 Å². The predicted octanol–water partition coefficient (Wildman–Crippen LogP) is 3.08. The summed E-state index contributed by atoms with van der Waals surface area (Å²) in [7, 11) is 0. The summed E-state index contributed by atoms with van der Waals surface area (Å²) in [5.41, 5.74) is 0. The largest absolute Gasteiger partial charge is 0.575 e. The predicted molar refractivity (Wildman–Crippen MR) is 32.1 cm³/mol. The molecule has 86 valence electrons. The van der Waals surface area contributed by atoms with Gasteiger partial charge in [0.05, 0.1) is 0 Å². The molecule has 1 rings (SSSR count). The zero-order valence-electron chi connectivity index (χ0n) is 6.65. The minimum atomic E-state index is -5.03.